The standard InChI is InChI=1S/C8H17NO2/c1-5-6(2)7(8(10)11)9(3)4/h6-7H,5H2,1-4H3,(H,10,11)/t6-,7+/m1/s1. The first-order valence-corrected chi connectivity index (χ1v) is 3.90. The molecule has 0 aliphatic rings. The number of hydrogen-bond acceptors (Lipinski definition) is 2. The fourth-order valence-electron chi connectivity index (χ4n) is 1.20. The summed E-state index contributed by atoms with van der Waals surface area (Å²) >= 11 is 0. The van der Waals surface area contributed by atoms with Crippen LogP contribution < -0.4 is 0 Å². The van der Waals surface area contributed by atoms with Crippen molar-refractivity contribution >= 4 is 5.97 Å². The summed E-state index contributed by atoms with van der Waals surface area (Å²) in [7, 11) is 3.59. The molecule has 0 spiro atoms. The van der Waals surface area contributed by atoms with E-state index in [1.54, 1.807) is 19.0 Å². The van der Waals surface area contributed by atoms with Gasteiger partial charge in [-0.15, -0.1) is 0 Å². The highest BCUT2D eigenvalue weighted by molar-refractivity contribution is 5.73. The SMILES string of the molecule is CC[C@@H](C)[C@@H](C(=O)O)N(C)C. The molecule has 0 saturated heterocycles. The van der Waals surface area contributed by atoms with E-state index < -0.39 is 5.97 Å². The zero-order valence-electron chi connectivity index (χ0n) is 7.66. The largest absolute Gasteiger partial charge is 0.480 e. The summed E-state index contributed by atoms with van der Waals surface area (Å²) in [6, 6.07) is -0.347. The van der Waals surface area contributed by atoms with Crippen LogP contribution in [0.4, 0.5) is 0 Å². The Balaban J connectivity index is 4.21. The van der Waals surface area contributed by atoms with Crippen LogP contribution in [0, 0.1) is 5.92 Å². The van der Waals surface area contributed by atoms with Crippen LogP contribution in [0.15, 0.2) is 0 Å². The monoisotopic (exact) mass is 159 g/mol. The van der Waals surface area contributed by atoms with E-state index in [4.69, 9.17) is 5.11 Å². The maximum Gasteiger partial charge on any atom is 0.321 e. The molecule has 0 radical (unpaired) electrons. The molecule has 3 heteroatoms. The molecule has 0 amide bonds. The van der Waals surface area contributed by atoms with Crippen LogP contribution in [-0.2, 0) is 4.79 Å². The van der Waals surface area contributed by atoms with Crippen LogP contribution in [0.3, 0.4) is 0 Å². The number of aliphatic carboxylic acids is 1. The Labute approximate surface area is 68.0 Å². The molecule has 0 aliphatic carbocycles. The topological polar surface area (TPSA) is 40.5 Å². The molecule has 11 heavy (non-hydrogen) atoms. The fourth-order valence-corrected chi connectivity index (χ4v) is 1.20. The number of hydrogen-bond donors (Lipinski definition) is 1. The molecule has 0 unspecified atom stereocenters. The Kier molecular flexibility index (Phi) is 4.11. The second-order valence-electron chi connectivity index (χ2n) is 3.13. The molecule has 0 fully saturated rings. The van der Waals surface area contributed by atoms with Crippen molar-refractivity contribution in [1.29, 1.82) is 0 Å². The van der Waals surface area contributed by atoms with E-state index in [2.05, 4.69) is 0 Å². The lowest BCUT2D eigenvalue weighted by Gasteiger charge is -2.25. The van der Waals surface area contributed by atoms with Crippen molar-refractivity contribution < 1.29 is 9.90 Å². The van der Waals surface area contributed by atoms with Crippen LogP contribution in [0.2, 0.25) is 0 Å². The van der Waals surface area contributed by atoms with Gasteiger partial charge in [-0.1, -0.05) is 20.3 Å². The number of carboxylic acids is 1. The summed E-state index contributed by atoms with van der Waals surface area (Å²) in [5.74, 6) is -0.521. The van der Waals surface area contributed by atoms with Crippen molar-refractivity contribution in [3.8, 4) is 0 Å². The zero-order chi connectivity index (χ0) is 9.02. The van der Waals surface area contributed by atoms with Crippen molar-refractivity contribution in [2.75, 3.05) is 14.1 Å². The van der Waals surface area contributed by atoms with Crippen molar-refractivity contribution in [2.45, 2.75) is 26.3 Å². The Morgan fingerprint density at radius 2 is 2.00 bits per heavy atom. The van der Waals surface area contributed by atoms with Crippen LogP contribution in [0.5, 0.6) is 0 Å². The van der Waals surface area contributed by atoms with E-state index in [9.17, 15) is 4.79 Å². The van der Waals surface area contributed by atoms with Gasteiger partial charge in [0.15, 0.2) is 0 Å². The summed E-state index contributed by atoms with van der Waals surface area (Å²) in [4.78, 5) is 12.4. The normalized spacial score (nSPS) is 16.5. The minimum absolute atomic E-state index is 0.211. The minimum Gasteiger partial charge on any atom is -0.480 e. The van der Waals surface area contributed by atoms with Crippen molar-refractivity contribution in [1.82, 2.24) is 4.90 Å². The molecule has 0 heterocycles. The van der Waals surface area contributed by atoms with Gasteiger partial charge in [0.25, 0.3) is 0 Å². The summed E-state index contributed by atoms with van der Waals surface area (Å²) in [5, 5.41) is 8.80. The molecule has 0 aromatic heterocycles. The number of carboxylic acid groups (broad SMARTS) is 1. The fraction of sp³-hybridized carbons (Fsp3) is 0.875. The molecule has 66 valence electrons. The summed E-state index contributed by atoms with van der Waals surface area (Å²) in [5.41, 5.74) is 0. The maximum atomic E-state index is 10.7. The van der Waals surface area contributed by atoms with Crippen LogP contribution in [0.25, 0.3) is 0 Å². The third-order valence-electron chi connectivity index (χ3n) is 1.99. The Hall–Kier alpha value is -0.570. The Morgan fingerprint density at radius 1 is 1.55 bits per heavy atom. The number of likely N-dealkylation sites (N-methyl/N-ethyl adjacent to an activating group) is 1. The maximum absolute atomic E-state index is 10.7. The molecule has 0 saturated carbocycles. The number of rotatable bonds is 4. The summed E-state index contributed by atoms with van der Waals surface area (Å²) in [6.07, 6.45) is 0.898. The third-order valence-corrected chi connectivity index (χ3v) is 1.99. The van der Waals surface area contributed by atoms with E-state index in [-0.39, 0.29) is 12.0 Å². The van der Waals surface area contributed by atoms with Gasteiger partial charge in [-0.25, -0.2) is 0 Å². The molecule has 0 aromatic rings. The van der Waals surface area contributed by atoms with Gasteiger partial charge in [-0.3, -0.25) is 9.69 Å². The van der Waals surface area contributed by atoms with E-state index in [1.807, 2.05) is 13.8 Å². The third kappa shape index (κ3) is 2.89. The molecule has 0 bridgehead atoms. The quantitative estimate of drug-likeness (QED) is 0.666. The van der Waals surface area contributed by atoms with Gasteiger partial charge in [0.2, 0.25) is 0 Å². The predicted octanol–water partition coefficient (Wildman–Crippen LogP) is 1.05. The van der Waals surface area contributed by atoms with E-state index in [1.165, 1.54) is 0 Å². The van der Waals surface area contributed by atoms with E-state index in [0.717, 1.165) is 6.42 Å². The second-order valence-corrected chi connectivity index (χ2v) is 3.13. The van der Waals surface area contributed by atoms with Crippen LogP contribution in [0.1, 0.15) is 20.3 Å². The Bertz CT molecular complexity index is 134. The second kappa shape index (κ2) is 4.34. The molecule has 0 aliphatic heterocycles. The molecular formula is C8H17NO2. The minimum atomic E-state index is -0.732. The lowest BCUT2D eigenvalue weighted by molar-refractivity contribution is -0.144. The molecular weight excluding hydrogens is 142 g/mol. The first-order valence-electron chi connectivity index (χ1n) is 3.90. The molecule has 0 aromatic carbocycles. The van der Waals surface area contributed by atoms with E-state index in [0.29, 0.717) is 0 Å². The summed E-state index contributed by atoms with van der Waals surface area (Å²) in [6.45, 7) is 3.96. The van der Waals surface area contributed by atoms with Crippen molar-refractivity contribution in [2.24, 2.45) is 5.92 Å². The lowest BCUT2D eigenvalue weighted by Crippen LogP contribution is -2.40. The highest BCUT2D eigenvalue weighted by Gasteiger charge is 2.24. The highest BCUT2D eigenvalue weighted by Crippen LogP contribution is 2.11. The average molecular weight is 159 g/mol. The van der Waals surface area contributed by atoms with Gasteiger partial charge >= 0.3 is 5.97 Å². The number of carbonyl (C=O) groups is 1. The Morgan fingerprint density at radius 3 is 2.09 bits per heavy atom. The molecule has 1 N–H and O–H groups in total. The predicted molar refractivity (Wildman–Crippen MR) is 44.6 cm³/mol. The van der Waals surface area contributed by atoms with Gasteiger partial charge in [0.1, 0.15) is 6.04 Å². The lowest BCUT2D eigenvalue weighted by atomic mass is 9.99. The van der Waals surface area contributed by atoms with Gasteiger partial charge in [0, 0.05) is 0 Å². The van der Waals surface area contributed by atoms with Crippen LogP contribution in [-0.4, -0.2) is 36.1 Å². The van der Waals surface area contributed by atoms with Gasteiger partial charge in [0.05, 0.1) is 0 Å². The van der Waals surface area contributed by atoms with Crippen molar-refractivity contribution in [3.63, 3.8) is 0 Å². The van der Waals surface area contributed by atoms with Gasteiger partial charge < -0.3 is 5.11 Å². The smallest absolute Gasteiger partial charge is 0.321 e. The van der Waals surface area contributed by atoms with Gasteiger partial charge in [-0.2, -0.15) is 0 Å². The van der Waals surface area contributed by atoms with E-state index >= 15 is 0 Å². The van der Waals surface area contributed by atoms with Crippen molar-refractivity contribution in [3.05, 3.63) is 0 Å². The first-order chi connectivity index (χ1) is 5.00. The molecule has 3 nitrogen and oxygen atoms in total. The highest BCUT2D eigenvalue weighted by atomic mass is 16.4. The molecule has 0 rings (SSSR count). The van der Waals surface area contributed by atoms with Crippen LogP contribution >= 0.6 is 0 Å². The summed E-state index contributed by atoms with van der Waals surface area (Å²) < 4.78 is 0. The average Bonchev–Trinajstić information content (AvgIpc) is 1.85. The van der Waals surface area contributed by atoms with Gasteiger partial charge in [-0.05, 0) is 20.0 Å². The first kappa shape index (κ1) is 10.4. The zero-order valence-corrected chi connectivity index (χ0v) is 7.66. The molecule has 2 atom stereocenters. The number of nitrogens with zero attached hydrogens (tertiary/aromatic N) is 1.